The molecule has 1 fully saturated rings. The summed E-state index contributed by atoms with van der Waals surface area (Å²) in [5.41, 5.74) is 3.99. The molecule has 1 saturated carbocycles. The molecule has 1 heterocycles. The first-order valence-electron chi connectivity index (χ1n) is 6.48. The molecule has 0 saturated heterocycles. The number of hydrogen-bond donors (Lipinski definition) is 1. The third kappa shape index (κ3) is 1.67. The first-order chi connectivity index (χ1) is 8.72. The maximum atomic E-state index is 11.4. The molecule has 0 unspecified atom stereocenters. The third-order valence-electron chi connectivity index (χ3n) is 4.12. The number of nitrogens with one attached hydrogen (secondary N) is 1. The number of halogens is 1. The molecule has 0 spiro atoms. The molecule has 0 bridgehead atoms. The van der Waals surface area contributed by atoms with Crippen molar-refractivity contribution in [2.45, 2.75) is 38.5 Å². The molecule has 1 aromatic heterocycles. The molecule has 1 N–H and O–H groups in total. The van der Waals surface area contributed by atoms with Gasteiger partial charge in [-0.3, -0.25) is 4.79 Å². The second-order valence-corrected chi connectivity index (χ2v) is 5.55. The predicted molar refractivity (Wildman–Crippen MR) is 74.6 cm³/mol. The topological polar surface area (TPSA) is 32.9 Å². The summed E-state index contributed by atoms with van der Waals surface area (Å²) in [7, 11) is 0. The Morgan fingerprint density at radius 3 is 2.72 bits per heavy atom. The summed E-state index contributed by atoms with van der Waals surface area (Å²) >= 11 is 6.14. The first-order valence-corrected chi connectivity index (χ1v) is 6.86. The highest BCUT2D eigenvalue weighted by Gasteiger charge is 2.23. The molecule has 1 aromatic carbocycles. The largest absolute Gasteiger partial charge is 0.357 e. The summed E-state index contributed by atoms with van der Waals surface area (Å²) in [4.78, 5) is 14.9. The monoisotopic (exact) mass is 261 g/mol. The van der Waals surface area contributed by atoms with Crippen LogP contribution in [0, 0.1) is 6.92 Å². The molecule has 1 aliphatic carbocycles. The van der Waals surface area contributed by atoms with E-state index in [1.165, 1.54) is 25.7 Å². The van der Waals surface area contributed by atoms with E-state index in [1.807, 2.05) is 19.1 Å². The van der Waals surface area contributed by atoms with Gasteiger partial charge in [0.15, 0.2) is 6.29 Å². The molecule has 0 aliphatic heterocycles. The quantitative estimate of drug-likeness (QED) is 0.788. The molecule has 18 heavy (non-hydrogen) atoms. The summed E-state index contributed by atoms with van der Waals surface area (Å²) < 4.78 is 0. The van der Waals surface area contributed by atoms with E-state index in [9.17, 15) is 4.79 Å². The van der Waals surface area contributed by atoms with E-state index in [1.54, 1.807) is 0 Å². The Morgan fingerprint density at radius 2 is 2.06 bits per heavy atom. The van der Waals surface area contributed by atoms with Gasteiger partial charge in [0.2, 0.25) is 0 Å². The number of fused-ring (bicyclic) bond motifs is 1. The van der Waals surface area contributed by atoms with Crippen LogP contribution in [0.3, 0.4) is 0 Å². The molecule has 2 aromatic rings. The van der Waals surface area contributed by atoms with Crippen molar-refractivity contribution in [3.8, 4) is 0 Å². The maximum absolute atomic E-state index is 11.4. The second-order valence-electron chi connectivity index (χ2n) is 5.15. The fourth-order valence-electron chi connectivity index (χ4n) is 3.08. The molecule has 0 amide bonds. The lowest BCUT2D eigenvalue weighted by molar-refractivity contribution is 0.112. The standard InChI is InChI=1S/C15H16ClNO/c1-9-13(16)7-6-11-12(8-18)15(17-14(9)11)10-4-2-3-5-10/h6-8,10,17H,2-5H2,1H3. The fraction of sp³-hybridized carbons (Fsp3) is 0.400. The van der Waals surface area contributed by atoms with Crippen LogP contribution in [-0.4, -0.2) is 11.3 Å². The van der Waals surface area contributed by atoms with Crippen LogP contribution in [-0.2, 0) is 0 Å². The van der Waals surface area contributed by atoms with Gasteiger partial charge in [0.25, 0.3) is 0 Å². The molecule has 94 valence electrons. The highest BCUT2D eigenvalue weighted by Crippen LogP contribution is 2.38. The van der Waals surface area contributed by atoms with Gasteiger partial charge >= 0.3 is 0 Å². The van der Waals surface area contributed by atoms with Crippen LogP contribution < -0.4 is 0 Å². The van der Waals surface area contributed by atoms with E-state index < -0.39 is 0 Å². The van der Waals surface area contributed by atoms with Crippen molar-refractivity contribution < 1.29 is 4.79 Å². The Kier molecular flexibility index (Phi) is 2.90. The molecule has 3 rings (SSSR count). The number of H-pyrrole nitrogens is 1. The van der Waals surface area contributed by atoms with Gasteiger partial charge in [0.1, 0.15) is 0 Å². The van der Waals surface area contributed by atoms with Crippen molar-refractivity contribution in [2.75, 3.05) is 0 Å². The van der Waals surface area contributed by atoms with Crippen LogP contribution in [0.2, 0.25) is 5.02 Å². The average molecular weight is 262 g/mol. The van der Waals surface area contributed by atoms with Gasteiger partial charge in [-0.1, -0.05) is 30.5 Å². The van der Waals surface area contributed by atoms with E-state index in [0.717, 1.165) is 39.0 Å². The average Bonchev–Trinajstić information content (AvgIpc) is 2.99. The van der Waals surface area contributed by atoms with Gasteiger partial charge in [-0.05, 0) is 37.3 Å². The zero-order valence-electron chi connectivity index (χ0n) is 10.4. The van der Waals surface area contributed by atoms with Gasteiger partial charge < -0.3 is 4.98 Å². The van der Waals surface area contributed by atoms with Crippen LogP contribution in [0.15, 0.2) is 12.1 Å². The molecular weight excluding hydrogens is 246 g/mol. The van der Waals surface area contributed by atoms with Gasteiger partial charge in [-0.2, -0.15) is 0 Å². The third-order valence-corrected chi connectivity index (χ3v) is 4.53. The van der Waals surface area contributed by atoms with Crippen molar-refractivity contribution in [1.29, 1.82) is 0 Å². The zero-order chi connectivity index (χ0) is 12.7. The SMILES string of the molecule is Cc1c(Cl)ccc2c(C=O)c(C3CCCC3)[nH]c12. The number of rotatable bonds is 2. The number of carbonyl (C=O) groups is 1. The summed E-state index contributed by atoms with van der Waals surface area (Å²) in [5, 5.41) is 1.76. The highest BCUT2D eigenvalue weighted by molar-refractivity contribution is 6.32. The Labute approximate surface area is 111 Å². The summed E-state index contributed by atoms with van der Waals surface area (Å²) in [5.74, 6) is 0.510. The highest BCUT2D eigenvalue weighted by atomic mass is 35.5. The summed E-state index contributed by atoms with van der Waals surface area (Å²) in [6.07, 6.45) is 5.87. The van der Waals surface area contributed by atoms with Gasteiger partial charge in [-0.25, -0.2) is 0 Å². The number of hydrogen-bond acceptors (Lipinski definition) is 1. The van der Waals surface area contributed by atoms with Crippen molar-refractivity contribution >= 4 is 28.8 Å². The first kappa shape index (κ1) is 11.8. The van der Waals surface area contributed by atoms with Crippen LogP contribution in [0.5, 0.6) is 0 Å². The van der Waals surface area contributed by atoms with Gasteiger partial charge in [-0.15, -0.1) is 0 Å². The van der Waals surface area contributed by atoms with E-state index in [-0.39, 0.29) is 0 Å². The van der Waals surface area contributed by atoms with Crippen LogP contribution in [0.1, 0.15) is 53.2 Å². The van der Waals surface area contributed by atoms with Gasteiger partial charge in [0.05, 0.1) is 5.52 Å². The molecule has 0 atom stereocenters. The minimum atomic E-state index is 0.510. The van der Waals surface area contributed by atoms with Crippen LogP contribution >= 0.6 is 11.6 Å². The number of carbonyl (C=O) groups excluding carboxylic acids is 1. The van der Waals surface area contributed by atoms with E-state index >= 15 is 0 Å². The van der Waals surface area contributed by atoms with Crippen molar-refractivity contribution in [3.05, 3.63) is 34.0 Å². The van der Waals surface area contributed by atoms with Crippen molar-refractivity contribution in [3.63, 3.8) is 0 Å². The van der Waals surface area contributed by atoms with E-state index in [4.69, 9.17) is 11.6 Å². The van der Waals surface area contributed by atoms with E-state index in [0.29, 0.717) is 5.92 Å². The predicted octanol–water partition coefficient (Wildman–Crippen LogP) is 4.60. The Morgan fingerprint density at radius 1 is 1.33 bits per heavy atom. The molecule has 3 heteroatoms. The number of aldehydes is 1. The fourth-order valence-corrected chi connectivity index (χ4v) is 3.24. The molecule has 1 aliphatic rings. The molecular formula is C15H16ClNO. The zero-order valence-corrected chi connectivity index (χ0v) is 11.2. The second kappa shape index (κ2) is 4.43. The maximum Gasteiger partial charge on any atom is 0.152 e. The minimum Gasteiger partial charge on any atom is -0.357 e. The van der Waals surface area contributed by atoms with Gasteiger partial charge in [0, 0.05) is 21.7 Å². The Bertz CT molecular complexity index is 608. The smallest absolute Gasteiger partial charge is 0.152 e. The number of aromatic nitrogens is 1. The Balaban J connectivity index is 2.25. The van der Waals surface area contributed by atoms with Crippen molar-refractivity contribution in [1.82, 2.24) is 4.98 Å². The number of aryl methyl sites for hydroxylation is 1. The lowest BCUT2D eigenvalue weighted by Gasteiger charge is -2.07. The summed E-state index contributed by atoms with van der Waals surface area (Å²) in [6.45, 7) is 1.99. The number of benzene rings is 1. The summed E-state index contributed by atoms with van der Waals surface area (Å²) in [6, 6.07) is 3.82. The van der Waals surface area contributed by atoms with Crippen LogP contribution in [0.25, 0.3) is 10.9 Å². The molecule has 0 radical (unpaired) electrons. The normalized spacial score (nSPS) is 16.6. The van der Waals surface area contributed by atoms with E-state index in [2.05, 4.69) is 4.98 Å². The Hall–Kier alpha value is -1.28. The molecule has 2 nitrogen and oxygen atoms in total. The lowest BCUT2D eigenvalue weighted by atomic mass is 9.99. The van der Waals surface area contributed by atoms with Crippen LogP contribution in [0.4, 0.5) is 0 Å². The minimum absolute atomic E-state index is 0.510. The van der Waals surface area contributed by atoms with Crippen molar-refractivity contribution in [2.24, 2.45) is 0 Å². The lowest BCUT2D eigenvalue weighted by Crippen LogP contribution is -1.96. The number of aromatic amines is 1.